The smallest absolute Gasteiger partial charge is 0.105 e. The molecule has 0 N–H and O–H groups in total. The molecule has 0 saturated carbocycles. The molecule has 0 radical (unpaired) electrons. The van der Waals surface area contributed by atoms with Crippen LogP contribution in [-0.4, -0.2) is 9.55 Å². The van der Waals surface area contributed by atoms with Gasteiger partial charge in [-0.25, -0.2) is 4.98 Å². The fourth-order valence-electron chi connectivity index (χ4n) is 2.27. The van der Waals surface area contributed by atoms with Crippen LogP contribution in [0.2, 0.25) is 0 Å². The molecule has 1 heterocycles. The number of nitrogens with zero attached hydrogens (tertiary/aromatic N) is 2. The number of hydrogen-bond donors (Lipinski definition) is 0. The van der Waals surface area contributed by atoms with Crippen LogP contribution in [0.1, 0.15) is 69.1 Å². The lowest BCUT2D eigenvalue weighted by Crippen LogP contribution is -1.94. The summed E-state index contributed by atoms with van der Waals surface area (Å²) in [6.07, 6.45) is 10.8. The van der Waals surface area contributed by atoms with Gasteiger partial charge in [0.1, 0.15) is 5.82 Å². The highest BCUT2D eigenvalue weighted by Gasteiger charge is 2.06. The van der Waals surface area contributed by atoms with Crippen LogP contribution in [0.5, 0.6) is 0 Å². The second-order valence-corrected chi connectivity index (χ2v) is 5.12. The second kappa shape index (κ2) is 7.52. The number of imidazole rings is 1. The Kier molecular flexibility index (Phi) is 6.31. The minimum absolute atomic E-state index is 1.14. The first kappa shape index (κ1) is 14.3. The quantitative estimate of drug-likeness (QED) is 0.614. The van der Waals surface area contributed by atoms with Crippen molar-refractivity contribution in [2.45, 2.75) is 72.1 Å². The third kappa shape index (κ3) is 4.53. The molecule has 2 nitrogen and oxygen atoms in total. The Bertz CT molecular complexity index is 326. The molecule has 0 aliphatic heterocycles. The first-order valence-corrected chi connectivity index (χ1v) is 7.15. The maximum Gasteiger partial charge on any atom is 0.105 e. The third-order valence-electron chi connectivity index (χ3n) is 3.72. The molecule has 0 aromatic carbocycles. The summed E-state index contributed by atoms with van der Waals surface area (Å²) < 4.78 is 2.19. The van der Waals surface area contributed by atoms with Crippen molar-refractivity contribution < 1.29 is 0 Å². The van der Waals surface area contributed by atoms with Crippen molar-refractivity contribution in [2.24, 2.45) is 7.05 Å². The number of rotatable bonds is 8. The van der Waals surface area contributed by atoms with Crippen LogP contribution in [0.3, 0.4) is 0 Å². The van der Waals surface area contributed by atoms with E-state index in [2.05, 4.69) is 37.4 Å². The summed E-state index contributed by atoms with van der Waals surface area (Å²) in [5, 5.41) is 0. The summed E-state index contributed by atoms with van der Waals surface area (Å²) in [6.45, 7) is 6.53. The van der Waals surface area contributed by atoms with E-state index in [0.717, 1.165) is 12.2 Å². The summed E-state index contributed by atoms with van der Waals surface area (Å²) in [4.78, 5) is 4.62. The molecular formula is C15H28N2. The Morgan fingerprint density at radius 2 is 1.53 bits per heavy atom. The maximum absolute atomic E-state index is 4.62. The molecule has 1 aromatic rings. The lowest BCUT2D eigenvalue weighted by atomic mass is 10.1. The summed E-state index contributed by atoms with van der Waals surface area (Å²) in [5.41, 5.74) is 2.65. The van der Waals surface area contributed by atoms with Gasteiger partial charge in [-0.15, -0.1) is 0 Å². The topological polar surface area (TPSA) is 17.8 Å². The molecule has 0 unspecified atom stereocenters. The van der Waals surface area contributed by atoms with Crippen molar-refractivity contribution in [3.8, 4) is 0 Å². The largest absolute Gasteiger partial charge is 0.335 e. The van der Waals surface area contributed by atoms with E-state index in [1.807, 2.05) is 0 Å². The number of hydrogen-bond acceptors (Lipinski definition) is 1. The van der Waals surface area contributed by atoms with Crippen molar-refractivity contribution in [3.05, 3.63) is 17.2 Å². The van der Waals surface area contributed by atoms with Gasteiger partial charge in [-0.1, -0.05) is 45.4 Å². The van der Waals surface area contributed by atoms with Crippen molar-refractivity contribution in [3.63, 3.8) is 0 Å². The van der Waals surface area contributed by atoms with E-state index in [0.29, 0.717) is 0 Å². The Hall–Kier alpha value is -0.790. The van der Waals surface area contributed by atoms with Gasteiger partial charge in [0.15, 0.2) is 0 Å². The normalized spacial score (nSPS) is 11.1. The van der Waals surface area contributed by atoms with Gasteiger partial charge < -0.3 is 4.57 Å². The monoisotopic (exact) mass is 236 g/mol. The van der Waals surface area contributed by atoms with Gasteiger partial charge in [0.2, 0.25) is 0 Å². The first-order chi connectivity index (χ1) is 8.16. The number of aryl methyl sites for hydroxylation is 2. The summed E-state index contributed by atoms with van der Waals surface area (Å²) in [7, 11) is 2.10. The molecular weight excluding hydrogens is 208 g/mol. The van der Waals surface area contributed by atoms with Gasteiger partial charge >= 0.3 is 0 Å². The van der Waals surface area contributed by atoms with Gasteiger partial charge in [0, 0.05) is 12.7 Å². The van der Waals surface area contributed by atoms with Crippen molar-refractivity contribution in [1.29, 1.82) is 0 Å². The zero-order chi connectivity index (χ0) is 12.7. The minimum Gasteiger partial charge on any atom is -0.335 e. The molecule has 1 rings (SSSR count). The summed E-state index contributed by atoms with van der Waals surface area (Å²) >= 11 is 0. The molecule has 2 heteroatoms. The molecule has 0 atom stereocenters. The van der Waals surface area contributed by atoms with E-state index < -0.39 is 0 Å². The fourth-order valence-corrected chi connectivity index (χ4v) is 2.27. The van der Waals surface area contributed by atoms with E-state index in [4.69, 9.17) is 0 Å². The molecule has 0 spiro atoms. The second-order valence-electron chi connectivity index (χ2n) is 5.12. The van der Waals surface area contributed by atoms with Gasteiger partial charge in [-0.2, -0.15) is 0 Å². The van der Waals surface area contributed by atoms with Gasteiger partial charge in [0.05, 0.1) is 5.69 Å². The molecule has 0 saturated heterocycles. The van der Waals surface area contributed by atoms with Gasteiger partial charge in [0.25, 0.3) is 0 Å². The highest BCUT2D eigenvalue weighted by atomic mass is 15.1. The standard InChI is InChI=1S/C15H28N2/c1-5-6-7-8-9-10-11-12-15-13(2)17(4)14(3)16-15/h5-12H2,1-4H3. The Morgan fingerprint density at radius 3 is 2.06 bits per heavy atom. The molecule has 1 aromatic heterocycles. The Balaban J connectivity index is 2.16. The molecule has 0 aliphatic carbocycles. The zero-order valence-electron chi connectivity index (χ0n) is 12.1. The zero-order valence-corrected chi connectivity index (χ0v) is 12.1. The first-order valence-electron chi connectivity index (χ1n) is 7.15. The van der Waals surface area contributed by atoms with E-state index >= 15 is 0 Å². The van der Waals surface area contributed by atoms with Crippen molar-refractivity contribution in [2.75, 3.05) is 0 Å². The van der Waals surface area contributed by atoms with Crippen LogP contribution in [-0.2, 0) is 13.5 Å². The van der Waals surface area contributed by atoms with Crippen LogP contribution >= 0.6 is 0 Å². The molecule has 0 amide bonds. The van der Waals surface area contributed by atoms with Crippen LogP contribution in [0.15, 0.2) is 0 Å². The van der Waals surface area contributed by atoms with Crippen LogP contribution < -0.4 is 0 Å². The van der Waals surface area contributed by atoms with Crippen molar-refractivity contribution in [1.82, 2.24) is 9.55 Å². The number of unbranched alkanes of at least 4 members (excludes halogenated alkanes) is 6. The van der Waals surface area contributed by atoms with Crippen LogP contribution in [0, 0.1) is 13.8 Å². The van der Waals surface area contributed by atoms with Crippen LogP contribution in [0.4, 0.5) is 0 Å². The minimum atomic E-state index is 1.14. The van der Waals surface area contributed by atoms with E-state index in [1.165, 1.54) is 56.3 Å². The molecule has 17 heavy (non-hydrogen) atoms. The van der Waals surface area contributed by atoms with E-state index in [1.54, 1.807) is 0 Å². The summed E-state index contributed by atoms with van der Waals surface area (Å²) in [6, 6.07) is 0. The predicted molar refractivity (Wildman–Crippen MR) is 74.4 cm³/mol. The maximum atomic E-state index is 4.62. The Morgan fingerprint density at radius 1 is 0.941 bits per heavy atom. The van der Waals surface area contributed by atoms with E-state index in [-0.39, 0.29) is 0 Å². The highest BCUT2D eigenvalue weighted by molar-refractivity contribution is 5.14. The fraction of sp³-hybridized carbons (Fsp3) is 0.800. The lowest BCUT2D eigenvalue weighted by molar-refractivity contribution is 0.587. The molecule has 0 bridgehead atoms. The van der Waals surface area contributed by atoms with Gasteiger partial charge in [-0.05, 0) is 26.7 Å². The lowest BCUT2D eigenvalue weighted by Gasteiger charge is -2.01. The molecule has 0 aliphatic rings. The number of aromatic nitrogens is 2. The highest BCUT2D eigenvalue weighted by Crippen LogP contribution is 2.13. The predicted octanol–water partition coefficient (Wildman–Crippen LogP) is 4.33. The molecule has 98 valence electrons. The average molecular weight is 236 g/mol. The molecule has 0 fully saturated rings. The SMILES string of the molecule is CCCCCCCCCc1nc(C)n(C)c1C. The third-order valence-corrected chi connectivity index (χ3v) is 3.72. The van der Waals surface area contributed by atoms with Crippen molar-refractivity contribution >= 4 is 0 Å². The Labute approximate surface area is 106 Å². The van der Waals surface area contributed by atoms with Crippen LogP contribution in [0.25, 0.3) is 0 Å². The summed E-state index contributed by atoms with van der Waals surface area (Å²) in [5.74, 6) is 1.14. The van der Waals surface area contributed by atoms with E-state index in [9.17, 15) is 0 Å². The van der Waals surface area contributed by atoms with Gasteiger partial charge in [-0.3, -0.25) is 0 Å². The average Bonchev–Trinajstić information content (AvgIpc) is 2.56.